The Bertz CT molecular complexity index is 291. The molecule has 2 heteroatoms. The molecule has 0 N–H and O–H groups in total. The van der Waals surface area contributed by atoms with Gasteiger partial charge in [-0.25, -0.2) is 0 Å². The normalized spacial score (nSPS) is 58.3. The van der Waals surface area contributed by atoms with Crippen molar-refractivity contribution in [3.63, 3.8) is 0 Å². The molecular formula is C12H20N2. The van der Waals surface area contributed by atoms with Gasteiger partial charge in [-0.3, -0.25) is 9.80 Å². The van der Waals surface area contributed by atoms with Crippen LogP contribution in [0.15, 0.2) is 0 Å². The average molecular weight is 192 g/mol. The Labute approximate surface area is 86.2 Å². The van der Waals surface area contributed by atoms with E-state index < -0.39 is 0 Å². The summed E-state index contributed by atoms with van der Waals surface area (Å²) >= 11 is 0. The zero-order chi connectivity index (χ0) is 9.55. The summed E-state index contributed by atoms with van der Waals surface area (Å²) in [5.74, 6) is 1.01. The molecule has 1 saturated carbocycles. The lowest BCUT2D eigenvalue weighted by Gasteiger charge is -2.69. The van der Waals surface area contributed by atoms with Crippen LogP contribution in [0.5, 0.6) is 0 Å². The standard InChI is InChI=1S/C12H20N2/c1-11-8-12(3-4-12)5-10(13(11)2)9-6-14(11)7-9/h9-10H,3-8H2,1-2H3. The van der Waals surface area contributed by atoms with Gasteiger partial charge in [-0.1, -0.05) is 0 Å². The first-order valence-electron chi connectivity index (χ1n) is 6.11. The SMILES string of the molecule is CN1C2CC3(CC3)CC1(C)N1CC2C1. The van der Waals surface area contributed by atoms with Gasteiger partial charge < -0.3 is 0 Å². The Balaban J connectivity index is 1.77. The maximum atomic E-state index is 2.72. The molecule has 4 bridgehead atoms. The van der Waals surface area contributed by atoms with E-state index in [1.54, 1.807) is 0 Å². The van der Waals surface area contributed by atoms with E-state index in [-0.39, 0.29) is 0 Å². The molecule has 5 rings (SSSR count). The summed E-state index contributed by atoms with van der Waals surface area (Å²) in [6.07, 6.45) is 6.00. The Kier molecular flexibility index (Phi) is 1.19. The quantitative estimate of drug-likeness (QED) is 0.574. The second-order valence-corrected chi connectivity index (χ2v) is 6.44. The van der Waals surface area contributed by atoms with Crippen LogP contribution >= 0.6 is 0 Å². The molecule has 0 amide bonds. The van der Waals surface area contributed by atoms with Gasteiger partial charge in [0.2, 0.25) is 0 Å². The average Bonchev–Trinajstić information content (AvgIpc) is 2.73. The molecule has 2 nitrogen and oxygen atoms in total. The van der Waals surface area contributed by atoms with Gasteiger partial charge >= 0.3 is 0 Å². The van der Waals surface area contributed by atoms with Crippen LogP contribution < -0.4 is 0 Å². The highest BCUT2D eigenvalue weighted by molar-refractivity contribution is 5.16. The third-order valence-corrected chi connectivity index (χ3v) is 5.70. The van der Waals surface area contributed by atoms with Crippen LogP contribution in [0.25, 0.3) is 0 Å². The van der Waals surface area contributed by atoms with E-state index in [0.717, 1.165) is 17.4 Å². The fraction of sp³-hybridized carbons (Fsp3) is 1.00. The molecule has 4 saturated heterocycles. The molecule has 1 aliphatic carbocycles. The summed E-state index contributed by atoms with van der Waals surface area (Å²) in [6.45, 7) is 5.26. The lowest BCUT2D eigenvalue weighted by Crippen LogP contribution is -2.79. The van der Waals surface area contributed by atoms with Crippen LogP contribution in [0.1, 0.15) is 32.6 Å². The lowest BCUT2D eigenvalue weighted by atomic mass is 9.68. The van der Waals surface area contributed by atoms with Gasteiger partial charge in [0.15, 0.2) is 0 Å². The van der Waals surface area contributed by atoms with Crippen molar-refractivity contribution in [1.29, 1.82) is 0 Å². The van der Waals surface area contributed by atoms with Gasteiger partial charge in [0.25, 0.3) is 0 Å². The lowest BCUT2D eigenvalue weighted by molar-refractivity contribution is -0.227. The minimum atomic E-state index is 0.425. The van der Waals surface area contributed by atoms with Crippen LogP contribution in [-0.4, -0.2) is 41.6 Å². The first-order chi connectivity index (χ1) is 6.63. The van der Waals surface area contributed by atoms with Gasteiger partial charge in [-0.15, -0.1) is 0 Å². The molecule has 2 atom stereocenters. The van der Waals surface area contributed by atoms with Crippen molar-refractivity contribution in [2.24, 2.45) is 11.3 Å². The molecule has 0 radical (unpaired) electrons. The predicted octanol–water partition coefficient (Wildman–Crippen LogP) is 1.52. The van der Waals surface area contributed by atoms with E-state index in [4.69, 9.17) is 0 Å². The summed E-state index contributed by atoms with van der Waals surface area (Å²) in [4.78, 5) is 5.40. The number of hydrogen-bond acceptors (Lipinski definition) is 2. The second-order valence-electron chi connectivity index (χ2n) is 6.44. The Morgan fingerprint density at radius 1 is 1.21 bits per heavy atom. The molecule has 4 aliphatic heterocycles. The topological polar surface area (TPSA) is 6.48 Å². The van der Waals surface area contributed by atoms with Crippen LogP contribution in [0, 0.1) is 11.3 Å². The Morgan fingerprint density at radius 2 is 1.93 bits per heavy atom. The van der Waals surface area contributed by atoms with Crippen LogP contribution in [0.3, 0.4) is 0 Å². The largest absolute Gasteiger partial charge is 0.285 e. The molecule has 2 unspecified atom stereocenters. The molecule has 4 heterocycles. The van der Waals surface area contributed by atoms with E-state index >= 15 is 0 Å². The fourth-order valence-corrected chi connectivity index (χ4v) is 4.37. The Hall–Kier alpha value is -0.0800. The van der Waals surface area contributed by atoms with E-state index in [9.17, 15) is 0 Å². The molecular weight excluding hydrogens is 172 g/mol. The summed E-state index contributed by atoms with van der Waals surface area (Å²) in [5, 5.41) is 0. The highest BCUT2D eigenvalue weighted by Gasteiger charge is 2.64. The third-order valence-electron chi connectivity index (χ3n) is 5.70. The maximum Gasteiger partial charge on any atom is 0.0714 e. The Morgan fingerprint density at radius 3 is 2.50 bits per heavy atom. The number of piperidine rings is 1. The number of nitrogens with zero attached hydrogens (tertiary/aromatic N) is 2. The van der Waals surface area contributed by atoms with Crippen molar-refractivity contribution in [3.05, 3.63) is 0 Å². The van der Waals surface area contributed by atoms with E-state index in [1.165, 1.54) is 38.8 Å². The monoisotopic (exact) mass is 192 g/mol. The second kappa shape index (κ2) is 2.05. The smallest absolute Gasteiger partial charge is 0.0714 e. The zero-order valence-corrected chi connectivity index (χ0v) is 9.29. The minimum absolute atomic E-state index is 0.425. The van der Waals surface area contributed by atoms with Crippen LogP contribution in [-0.2, 0) is 0 Å². The molecule has 1 spiro atoms. The van der Waals surface area contributed by atoms with E-state index in [0.29, 0.717) is 5.66 Å². The summed E-state index contributed by atoms with van der Waals surface area (Å²) < 4.78 is 0. The summed E-state index contributed by atoms with van der Waals surface area (Å²) in [5.41, 5.74) is 1.22. The molecule has 0 aromatic heterocycles. The van der Waals surface area contributed by atoms with Crippen LogP contribution in [0.4, 0.5) is 0 Å². The van der Waals surface area contributed by atoms with Crippen molar-refractivity contribution in [3.8, 4) is 0 Å². The highest BCUT2D eigenvalue weighted by Crippen LogP contribution is 2.63. The first-order valence-corrected chi connectivity index (χ1v) is 6.11. The van der Waals surface area contributed by atoms with Gasteiger partial charge in [-0.2, -0.15) is 0 Å². The maximum absolute atomic E-state index is 2.72. The van der Waals surface area contributed by atoms with Gasteiger partial charge in [-0.05, 0) is 45.1 Å². The number of rotatable bonds is 0. The third kappa shape index (κ3) is 0.737. The first kappa shape index (κ1) is 8.12. The van der Waals surface area contributed by atoms with Crippen LogP contribution in [0.2, 0.25) is 0 Å². The molecule has 14 heavy (non-hydrogen) atoms. The van der Waals surface area contributed by atoms with Crippen molar-refractivity contribution < 1.29 is 0 Å². The summed E-state index contributed by atoms with van der Waals surface area (Å²) in [6, 6.07) is 0.918. The van der Waals surface area contributed by atoms with Gasteiger partial charge in [0.1, 0.15) is 0 Å². The van der Waals surface area contributed by atoms with Crippen molar-refractivity contribution in [2.75, 3.05) is 20.1 Å². The number of hydrogen-bond donors (Lipinski definition) is 0. The van der Waals surface area contributed by atoms with Crippen molar-refractivity contribution in [2.45, 2.75) is 44.3 Å². The van der Waals surface area contributed by atoms with E-state index in [2.05, 4.69) is 23.8 Å². The minimum Gasteiger partial charge on any atom is -0.285 e. The van der Waals surface area contributed by atoms with Gasteiger partial charge in [0.05, 0.1) is 5.66 Å². The summed E-state index contributed by atoms with van der Waals surface area (Å²) in [7, 11) is 2.36. The molecule has 5 aliphatic rings. The molecule has 0 aromatic carbocycles. The molecule has 5 fully saturated rings. The fourth-order valence-electron chi connectivity index (χ4n) is 4.37. The van der Waals surface area contributed by atoms with Crippen molar-refractivity contribution in [1.82, 2.24) is 9.80 Å². The molecule has 78 valence electrons. The highest BCUT2D eigenvalue weighted by atomic mass is 15.5. The predicted molar refractivity (Wildman–Crippen MR) is 55.9 cm³/mol. The van der Waals surface area contributed by atoms with Gasteiger partial charge in [0, 0.05) is 25.0 Å². The van der Waals surface area contributed by atoms with E-state index in [1.807, 2.05) is 0 Å². The van der Waals surface area contributed by atoms with Crippen molar-refractivity contribution >= 4 is 0 Å². The molecule has 0 aromatic rings. The zero-order valence-electron chi connectivity index (χ0n) is 9.29.